The SMILES string of the molecule is CCOc1ccc(NC2Cc3ccc(Cl)cc3C2)cn1. The van der Waals surface area contributed by atoms with Crippen LogP contribution in [-0.2, 0) is 12.8 Å². The van der Waals surface area contributed by atoms with E-state index in [-0.39, 0.29) is 0 Å². The van der Waals surface area contributed by atoms with Crippen LogP contribution in [0, 0.1) is 0 Å². The van der Waals surface area contributed by atoms with Gasteiger partial charge in [0.1, 0.15) is 0 Å². The minimum atomic E-state index is 0.406. The van der Waals surface area contributed by atoms with Crippen LogP contribution in [0.2, 0.25) is 5.02 Å². The van der Waals surface area contributed by atoms with Crippen LogP contribution in [-0.4, -0.2) is 17.6 Å². The van der Waals surface area contributed by atoms with E-state index in [1.165, 1.54) is 11.1 Å². The zero-order valence-corrected chi connectivity index (χ0v) is 12.2. The molecule has 0 amide bonds. The van der Waals surface area contributed by atoms with Crippen molar-refractivity contribution in [2.24, 2.45) is 0 Å². The Morgan fingerprint density at radius 2 is 2.10 bits per heavy atom. The summed E-state index contributed by atoms with van der Waals surface area (Å²) in [5.74, 6) is 0.666. The number of rotatable bonds is 4. The van der Waals surface area contributed by atoms with Crippen molar-refractivity contribution in [3.05, 3.63) is 52.7 Å². The van der Waals surface area contributed by atoms with Gasteiger partial charge in [0.15, 0.2) is 0 Å². The molecule has 1 atom stereocenters. The minimum Gasteiger partial charge on any atom is -0.478 e. The molecular formula is C16H17ClN2O. The first kappa shape index (κ1) is 13.3. The maximum atomic E-state index is 6.03. The molecule has 0 saturated carbocycles. The number of anilines is 1. The lowest BCUT2D eigenvalue weighted by atomic mass is 10.1. The summed E-state index contributed by atoms with van der Waals surface area (Å²) in [4.78, 5) is 4.27. The average Bonchev–Trinajstić information content (AvgIpc) is 2.82. The van der Waals surface area contributed by atoms with Gasteiger partial charge in [0.25, 0.3) is 0 Å². The number of aromatic nitrogens is 1. The van der Waals surface area contributed by atoms with Crippen LogP contribution in [0.1, 0.15) is 18.1 Å². The van der Waals surface area contributed by atoms with Crippen molar-refractivity contribution in [1.82, 2.24) is 4.98 Å². The van der Waals surface area contributed by atoms with Gasteiger partial charge in [-0.25, -0.2) is 4.98 Å². The van der Waals surface area contributed by atoms with Crippen molar-refractivity contribution in [3.63, 3.8) is 0 Å². The summed E-state index contributed by atoms with van der Waals surface area (Å²) in [6.07, 6.45) is 3.85. The lowest BCUT2D eigenvalue weighted by Crippen LogP contribution is -2.19. The van der Waals surface area contributed by atoms with E-state index < -0.39 is 0 Å². The molecule has 0 bridgehead atoms. The van der Waals surface area contributed by atoms with Gasteiger partial charge in [-0.05, 0) is 49.1 Å². The molecule has 104 valence electrons. The van der Waals surface area contributed by atoms with Crippen molar-refractivity contribution in [1.29, 1.82) is 0 Å². The molecule has 0 aliphatic heterocycles. The third-order valence-corrected chi connectivity index (χ3v) is 3.74. The Morgan fingerprint density at radius 3 is 2.85 bits per heavy atom. The van der Waals surface area contributed by atoms with Gasteiger partial charge in [-0.15, -0.1) is 0 Å². The normalized spacial score (nSPS) is 16.8. The number of benzene rings is 1. The lowest BCUT2D eigenvalue weighted by Gasteiger charge is -2.13. The Hall–Kier alpha value is -1.74. The third kappa shape index (κ3) is 2.88. The van der Waals surface area contributed by atoms with E-state index in [9.17, 15) is 0 Å². The van der Waals surface area contributed by atoms with E-state index in [2.05, 4.69) is 22.4 Å². The van der Waals surface area contributed by atoms with Gasteiger partial charge in [0.05, 0.1) is 18.5 Å². The van der Waals surface area contributed by atoms with Crippen molar-refractivity contribution >= 4 is 17.3 Å². The summed E-state index contributed by atoms with van der Waals surface area (Å²) in [5, 5.41) is 4.33. The fourth-order valence-electron chi connectivity index (χ4n) is 2.62. The monoisotopic (exact) mass is 288 g/mol. The van der Waals surface area contributed by atoms with Gasteiger partial charge in [-0.3, -0.25) is 0 Å². The number of nitrogens with zero attached hydrogens (tertiary/aromatic N) is 1. The van der Waals surface area contributed by atoms with Crippen molar-refractivity contribution in [2.75, 3.05) is 11.9 Å². The molecular weight excluding hydrogens is 272 g/mol. The molecule has 1 aromatic heterocycles. The van der Waals surface area contributed by atoms with Gasteiger partial charge in [-0.1, -0.05) is 17.7 Å². The number of pyridine rings is 1. The number of hydrogen-bond acceptors (Lipinski definition) is 3. The lowest BCUT2D eigenvalue weighted by molar-refractivity contribution is 0.327. The molecule has 3 rings (SSSR count). The molecule has 1 aliphatic carbocycles. The average molecular weight is 289 g/mol. The molecule has 1 aliphatic rings. The van der Waals surface area contributed by atoms with Gasteiger partial charge in [0.2, 0.25) is 5.88 Å². The third-order valence-electron chi connectivity index (χ3n) is 3.50. The Labute approximate surface area is 123 Å². The number of ether oxygens (including phenoxy) is 1. The fraction of sp³-hybridized carbons (Fsp3) is 0.312. The van der Waals surface area contributed by atoms with Crippen LogP contribution in [0.3, 0.4) is 0 Å². The second kappa shape index (κ2) is 5.71. The van der Waals surface area contributed by atoms with E-state index >= 15 is 0 Å². The maximum Gasteiger partial charge on any atom is 0.213 e. The second-order valence-corrected chi connectivity index (χ2v) is 5.42. The van der Waals surface area contributed by atoms with Gasteiger partial charge >= 0.3 is 0 Å². The molecule has 1 heterocycles. The largest absolute Gasteiger partial charge is 0.478 e. The molecule has 2 aromatic rings. The predicted octanol–water partition coefficient (Wildman–Crippen LogP) is 3.71. The van der Waals surface area contributed by atoms with Gasteiger partial charge < -0.3 is 10.1 Å². The molecule has 4 heteroatoms. The summed E-state index contributed by atoms with van der Waals surface area (Å²) >= 11 is 6.03. The maximum absolute atomic E-state index is 6.03. The highest BCUT2D eigenvalue weighted by molar-refractivity contribution is 6.30. The minimum absolute atomic E-state index is 0.406. The first-order chi connectivity index (χ1) is 9.74. The fourth-order valence-corrected chi connectivity index (χ4v) is 2.82. The summed E-state index contributed by atoms with van der Waals surface area (Å²) in [7, 11) is 0. The van der Waals surface area contributed by atoms with Crippen molar-refractivity contribution in [3.8, 4) is 5.88 Å². The zero-order valence-electron chi connectivity index (χ0n) is 11.4. The number of halogens is 1. The zero-order chi connectivity index (χ0) is 13.9. The van der Waals surface area contributed by atoms with Crippen LogP contribution < -0.4 is 10.1 Å². The molecule has 20 heavy (non-hydrogen) atoms. The molecule has 1 aromatic carbocycles. The van der Waals surface area contributed by atoms with E-state index in [0.29, 0.717) is 18.5 Å². The Bertz CT molecular complexity index is 598. The smallest absolute Gasteiger partial charge is 0.213 e. The Morgan fingerprint density at radius 1 is 1.25 bits per heavy atom. The molecule has 1 unspecified atom stereocenters. The van der Waals surface area contributed by atoms with E-state index in [4.69, 9.17) is 16.3 Å². The van der Waals surface area contributed by atoms with Crippen LogP contribution >= 0.6 is 11.6 Å². The summed E-state index contributed by atoms with van der Waals surface area (Å²) in [5.41, 5.74) is 3.75. The topological polar surface area (TPSA) is 34.1 Å². The molecule has 0 radical (unpaired) electrons. The highest BCUT2D eigenvalue weighted by Crippen LogP contribution is 2.27. The van der Waals surface area contributed by atoms with Crippen molar-refractivity contribution < 1.29 is 4.74 Å². The van der Waals surface area contributed by atoms with Crippen LogP contribution in [0.15, 0.2) is 36.5 Å². The van der Waals surface area contributed by atoms with Gasteiger partial charge in [0, 0.05) is 17.1 Å². The number of nitrogens with one attached hydrogen (secondary N) is 1. The van der Waals surface area contributed by atoms with E-state index in [1.54, 1.807) is 0 Å². The Balaban J connectivity index is 1.65. The first-order valence-corrected chi connectivity index (χ1v) is 7.25. The predicted molar refractivity (Wildman–Crippen MR) is 81.7 cm³/mol. The number of fused-ring (bicyclic) bond motifs is 1. The number of hydrogen-bond donors (Lipinski definition) is 1. The van der Waals surface area contributed by atoms with Crippen LogP contribution in [0.5, 0.6) is 5.88 Å². The van der Waals surface area contributed by atoms with E-state index in [1.807, 2.05) is 31.3 Å². The van der Waals surface area contributed by atoms with Crippen LogP contribution in [0.25, 0.3) is 0 Å². The second-order valence-electron chi connectivity index (χ2n) is 4.98. The summed E-state index contributed by atoms with van der Waals surface area (Å²) in [6, 6.07) is 10.5. The molecule has 0 saturated heterocycles. The summed E-state index contributed by atoms with van der Waals surface area (Å²) < 4.78 is 5.34. The summed E-state index contributed by atoms with van der Waals surface area (Å²) in [6.45, 7) is 2.59. The quantitative estimate of drug-likeness (QED) is 0.931. The van der Waals surface area contributed by atoms with Gasteiger partial charge in [-0.2, -0.15) is 0 Å². The Kier molecular flexibility index (Phi) is 3.79. The van der Waals surface area contributed by atoms with E-state index in [0.717, 1.165) is 23.6 Å². The van der Waals surface area contributed by atoms with Crippen LogP contribution in [0.4, 0.5) is 5.69 Å². The molecule has 0 spiro atoms. The standard InChI is InChI=1S/C16H17ClN2O/c1-2-20-16-6-5-14(10-18-16)19-15-8-11-3-4-13(17)7-12(11)9-15/h3-7,10,15,19H,2,8-9H2,1H3. The molecule has 1 N–H and O–H groups in total. The molecule has 3 nitrogen and oxygen atoms in total. The van der Waals surface area contributed by atoms with Crippen molar-refractivity contribution in [2.45, 2.75) is 25.8 Å². The highest BCUT2D eigenvalue weighted by atomic mass is 35.5. The molecule has 0 fully saturated rings. The first-order valence-electron chi connectivity index (χ1n) is 6.87. The highest BCUT2D eigenvalue weighted by Gasteiger charge is 2.21.